The number of phenolic OH excluding ortho intramolecular Hbond substituents is 1. The summed E-state index contributed by atoms with van der Waals surface area (Å²) < 4.78 is 0.841. The molecule has 0 amide bonds. The summed E-state index contributed by atoms with van der Waals surface area (Å²) in [6, 6.07) is 5.11. The fourth-order valence-electron chi connectivity index (χ4n) is 1.17. The molecular formula is C9H14BrClN2O. The van der Waals surface area contributed by atoms with Crippen molar-refractivity contribution in [3.05, 3.63) is 28.2 Å². The van der Waals surface area contributed by atoms with Crippen LogP contribution in [0.5, 0.6) is 5.75 Å². The second-order valence-electron chi connectivity index (χ2n) is 2.89. The number of hydrogen-bond donors (Lipinski definition) is 3. The van der Waals surface area contributed by atoms with E-state index in [4.69, 9.17) is 11.5 Å². The summed E-state index contributed by atoms with van der Waals surface area (Å²) in [5.74, 6) is 0.218. The Morgan fingerprint density at radius 2 is 2.07 bits per heavy atom. The first-order chi connectivity index (χ1) is 6.15. The van der Waals surface area contributed by atoms with Gasteiger partial charge in [-0.15, -0.1) is 12.4 Å². The summed E-state index contributed by atoms with van der Waals surface area (Å²) in [4.78, 5) is 0. The molecule has 0 aliphatic heterocycles. The maximum atomic E-state index is 9.54. The predicted octanol–water partition coefficient (Wildman–Crippen LogP) is 1.93. The van der Waals surface area contributed by atoms with E-state index in [1.807, 2.05) is 6.07 Å². The van der Waals surface area contributed by atoms with Crippen LogP contribution in [0.2, 0.25) is 0 Å². The first-order valence-electron chi connectivity index (χ1n) is 4.09. The minimum atomic E-state index is -0.182. The first kappa shape index (κ1) is 13.7. The maximum Gasteiger partial charge on any atom is 0.121 e. The third-order valence-corrected chi connectivity index (χ3v) is 2.36. The summed E-state index contributed by atoms with van der Waals surface area (Å²) in [5, 5.41) is 9.54. The molecule has 0 radical (unpaired) electrons. The second kappa shape index (κ2) is 6.24. The van der Waals surface area contributed by atoms with E-state index in [0.717, 1.165) is 10.0 Å². The SMILES string of the molecule is Cl.NCC[C@@H](N)c1ccc(Br)cc1O. The number of rotatable bonds is 3. The quantitative estimate of drug-likeness (QED) is 0.792. The number of hydrogen-bond acceptors (Lipinski definition) is 3. The lowest BCUT2D eigenvalue weighted by Gasteiger charge is -2.12. The third-order valence-electron chi connectivity index (χ3n) is 1.87. The highest BCUT2D eigenvalue weighted by Crippen LogP contribution is 2.27. The van der Waals surface area contributed by atoms with E-state index in [9.17, 15) is 5.11 Å². The molecule has 0 aliphatic rings. The van der Waals surface area contributed by atoms with Crippen LogP contribution in [0.3, 0.4) is 0 Å². The van der Waals surface area contributed by atoms with Crippen LogP contribution >= 0.6 is 28.3 Å². The molecule has 0 spiro atoms. The number of aromatic hydroxyl groups is 1. The van der Waals surface area contributed by atoms with Crippen molar-refractivity contribution in [3.63, 3.8) is 0 Å². The summed E-state index contributed by atoms with van der Waals surface area (Å²) in [6.45, 7) is 0.524. The molecule has 0 heterocycles. The lowest BCUT2D eigenvalue weighted by Crippen LogP contribution is -2.15. The normalized spacial score (nSPS) is 11.9. The Labute approximate surface area is 98.0 Å². The van der Waals surface area contributed by atoms with Crippen molar-refractivity contribution in [3.8, 4) is 5.75 Å². The number of nitrogens with two attached hydrogens (primary N) is 2. The third kappa shape index (κ3) is 3.46. The molecule has 3 nitrogen and oxygen atoms in total. The summed E-state index contributed by atoms with van der Waals surface area (Å²) in [5.41, 5.74) is 11.9. The van der Waals surface area contributed by atoms with Crippen LogP contribution in [0.1, 0.15) is 18.0 Å². The molecule has 1 aromatic rings. The van der Waals surface area contributed by atoms with Crippen LogP contribution < -0.4 is 11.5 Å². The van der Waals surface area contributed by atoms with E-state index in [-0.39, 0.29) is 24.2 Å². The van der Waals surface area contributed by atoms with Crippen LogP contribution in [0.4, 0.5) is 0 Å². The molecule has 0 saturated heterocycles. The minimum Gasteiger partial charge on any atom is -0.508 e. The van der Waals surface area contributed by atoms with Crippen molar-refractivity contribution in [2.75, 3.05) is 6.54 Å². The smallest absolute Gasteiger partial charge is 0.121 e. The molecule has 1 rings (SSSR count). The van der Waals surface area contributed by atoms with Gasteiger partial charge in [-0.3, -0.25) is 0 Å². The Morgan fingerprint density at radius 1 is 1.43 bits per heavy atom. The van der Waals surface area contributed by atoms with Gasteiger partial charge in [-0.2, -0.15) is 0 Å². The van der Waals surface area contributed by atoms with Gasteiger partial charge in [-0.05, 0) is 25.1 Å². The lowest BCUT2D eigenvalue weighted by atomic mass is 10.0. The van der Waals surface area contributed by atoms with Crippen molar-refractivity contribution < 1.29 is 5.11 Å². The predicted molar refractivity (Wildman–Crippen MR) is 63.7 cm³/mol. The Balaban J connectivity index is 0.00000169. The molecule has 0 fully saturated rings. The van der Waals surface area contributed by atoms with E-state index < -0.39 is 0 Å². The van der Waals surface area contributed by atoms with Gasteiger partial charge in [0.15, 0.2) is 0 Å². The van der Waals surface area contributed by atoms with E-state index in [1.54, 1.807) is 12.1 Å². The standard InChI is InChI=1S/C9H13BrN2O.ClH/c10-6-1-2-7(9(13)5-6)8(12)3-4-11;/h1-2,5,8,13H,3-4,11-12H2;1H/t8-;/m1./s1. The van der Waals surface area contributed by atoms with Gasteiger partial charge in [0.1, 0.15) is 5.75 Å². The lowest BCUT2D eigenvalue weighted by molar-refractivity contribution is 0.459. The van der Waals surface area contributed by atoms with Crippen molar-refractivity contribution >= 4 is 28.3 Å². The van der Waals surface area contributed by atoms with E-state index in [0.29, 0.717) is 13.0 Å². The first-order valence-corrected chi connectivity index (χ1v) is 4.88. The number of halogens is 2. The fourth-order valence-corrected chi connectivity index (χ4v) is 1.51. The molecule has 1 aromatic carbocycles. The molecule has 0 saturated carbocycles. The highest BCUT2D eigenvalue weighted by molar-refractivity contribution is 9.10. The Bertz CT molecular complexity index is 296. The van der Waals surface area contributed by atoms with Crippen LogP contribution in [-0.2, 0) is 0 Å². The maximum absolute atomic E-state index is 9.54. The van der Waals surface area contributed by atoms with Gasteiger partial charge in [0, 0.05) is 16.1 Å². The highest BCUT2D eigenvalue weighted by atomic mass is 79.9. The summed E-state index contributed by atoms with van der Waals surface area (Å²) in [7, 11) is 0. The molecular weight excluding hydrogens is 267 g/mol. The fraction of sp³-hybridized carbons (Fsp3) is 0.333. The van der Waals surface area contributed by atoms with Gasteiger partial charge in [-0.25, -0.2) is 0 Å². The molecule has 5 N–H and O–H groups in total. The van der Waals surface area contributed by atoms with Gasteiger partial charge in [0.2, 0.25) is 0 Å². The highest BCUT2D eigenvalue weighted by Gasteiger charge is 2.09. The van der Waals surface area contributed by atoms with Crippen LogP contribution in [0, 0.1) is 0 Å². The van der Waals surface area contributed by atoms with Crippen molar-refractivity contribution in [2.45, 2.75) is 12.5 Å². The topological polar surface area (TPSA) is 72.3 Å². The van der Waals surface area contributed by atoms with Gasteiger partial charge in [0.05, 0.1) is 0 Å². The van der Waals surface area contributed by atoms with Crippen molar-refractivity contribution in [2.24, 2.45) is 11.5 Å². The van der Waals surface area contributed by atoms with E-state index >= 15 is 0 Å². The molecule has 80 valence electrons. The molecule has 0 bridgehead atoms. The molecule has 0 aromatic heterocycles. The Hall–Kier alpha value is -0.290. The zero-order valence-corrected chi connectivity index (χ0v) is 10.0. The molecule has 0 aliphatic carbocycles. The largest absolute Gasteiger partial charge is 0.508 e. The van der Waals surface area contributed by atoms with Gasteiger partial charge >= 0.3 is 0 Å². The van der Waals surface area contributed by atoms with Crippen LogP contribution in [0.15, 0.2) is 22.7 Å². The van der Waals surface area contributed by atoms with Crippen molar-refractivity contribution in [1.29, 1.82) is 0 Å². The van der Waals surface area contributed by atoms with E-state index in [1.165, 1.54) is 0 Å². The van der Waals surface area contributed by atoms with Gasteiger partial charge in [-0.1, -0.05) is 22.0 Å². The van der Waals surface area contributed by atoms with Gasteiger partial charge < -0.3 is 16.6 Å². The van der Waals surface area contributed by atoms with Crippen molar-refractivity contribution in [1.82, 2.24) is 0 Å². The van der Waals surface area contributed by atoms with Crippen LogP contribution in [0.25, 0.3) is 0 Å². The molecule has 0 unspecified atom stereocenters. The zero-order valence-electron chi connectivity index (χ0n) is 7.61. The van der Waals surface area contributed by atoms with Crippen LogP contribution in [-0.4, -0.2) is 11.7 Å². The molecule has 14 heavy (non-hydrogen) atoms. The Morgan fingerprint density at radius 3 is 2.57 bits per heavy atom. The average Bonchev–Trinajstić information content (AvgIpc) is 2.04. The number of benzene rings is 1. The molecule has 5 heteroatoms. The minimum absolute atomic E-state index is 0. The zero-order chi connectivity index (χ0) is 9.84. The monoisotopic (exact) mass is 280 g/mol. The summed E-state index contributed by atoms with van der Waals surface area (Å²) >= 11 is 3.26. The summed E-state index contributed by atoms with van der Waals surface area (Å²) in [6.07, 6.45) is 0.676. The van der Waals surface area contributed by atoms with E-state index in [2.05, 4.69) is 15.9 Å². The second-order valence-corrected chi connectivity index (χ2v) is 3.80. The number of phenols is 1. The Kier molecular flexibility index (Phi) is 6.11. The average molecular weight is 282 g/mol. The molecule has 1 atom stereocenters. The van der Waals surface area contributed by atoms with Gasteiger partial charge in [0.25, 0.3) is 0 Å².